The average Bonchev–Trinajstić information content (AvgIpc) is 3.35. The predicted octanol–water partition coefficient (Wildman–Crippen LogP) is 3.88. The van der Waals surface area contributed by atoms with Crippen LogP contribution in [0.4, 0.5) is 11.4 Å². The number of hydrogen-bond acceptors (Lipinski definition) is 4. The van der Waals surface area contributed by atoms with Crippen LogP contribution in [0.5, 0.6) is 5.75 Å². The molecule has 1 aromatic carbocycles. The maximum absolute atomic E-state index is 12.4. The van der Waals surface area contributed by atoms with Crippen LogP contribution in [0.3, 0.4) is 0 Å². The van der Waals surface area contributed by atoms with Crippen molar-refractivity contribution in [3.05, 3.63) is 46.7 Å². The molecule has 0 bridgehead atoms. The number of nitrogens with zero attached hydrogens (tertiary/aromatic N) is 1. The van der Waals surface area contributed by atoms with E-state index in [0.717, 1.165) is 11.3 Å². The van der Waals surface area contributed by atoms with Crippen LogP contribution < -0.4 is 15.4 Å². The quantitative estimate of drug-likeness (QED) is 0.872. The Morgan fingerprint density at radius 2 is 2.13 bits per heavy atom. The van der Waals surface area contributed by atoms with Crippen molar-refractivity contribution < 1.29 is 9.53 Å². The maximum atomic E-state index is 12.4. The summed E-state index contributed by atoms with van der Waals surface area (Å²) in [4.78, 5) is 16.6. The molecule has 1 aliphatic rings. The number of amides is 1. The number of aryl methyl sites for hydroxylation is 1. The molecule has 23 heavy (non-hydrogen) atoms. The van der Waals surface area contributed by atoms with Crippen molar-refractivity contribution in [3.8, 4) is 5.75 Å². The molecule has 1 aliphatic carbocycles. The number of pyridine rings is 1. The van der Waals surface area contributed by atoms with Gasteiger partial charge in [0.1, 0.15) is 11.4 Å². The SMILES string of the molecule is COc1cc(Cl)c(C)cc1NC(=O)c1cc(NC2CC2)ccn1. The number of halogens is 1. The normalized spacial score (nSPS) is 13.5. The molecular weight excluding hydrogens is 314 g/mol. The Hall–Kier alpha value is -2.27. The summed E-state index contributed by atoms with van der Waals surface area (Å²) in [6, 6.07) is 7.61. The Bertz CT molecular complexity index is 745. The van der Waals surface area contributed by atoms with Crippen LogP contribution in [0.25, 0.3) is 0 Å². The van der Waals surface area contributed by atoms with E-state index < -0.39 is 0 Å². The number of ether oxygens (including phenoxy) is 1. The highest BCUT2D eigenvalue weighted by molar-refractivity contribution is 6.31. The van der Waals surface area contributed by atoms with Gasteiger partial charge in [0, 0.05) is 29.0 Å². The third-order valence-corrected chi connectivity index (χ3v) is 4.08. The largest absolute Gasteiger partial charge is 0.495 e. The molecule has 1 aromatic heterocycles. The lowest BCUT2D eigenvalue weighted by Crippen LogP contribution is -2.15. The number of methoxy groups -OCH3 is 1. The molecule has 0 saturated heterocycles. The van der Waals surface area contributed by atoms with Crippen LogP contribution in [0.15, 0.2) is 30.5 Å². The molecule has 2 N–H and O–H groups in total. The first-order chi connectivity index (χ1) is 11.1. The lowest BCUT2D eigenvalue weighted by atomic mass is 10.2. The van der Waals surface area contributed by atoms with E-state index in [9.17, 15) is 4.79 Å². The summed E-state index contributed by atoms with van der Waals surface area (Å²) < 4.78 is 5.27. The first-order valence-corrected chi connectivity index (χ1v) is 7.82. The van der Waals surface area contributed by atoms with E-state index in [-0.39, 0.29) is 5.91 Å². The molecule has 2 aromatic rings. The van der Waals surface area contributed by atoms with E-state index in [1.165, 1.54) is 20.0 Å². The second-order valence-electron chi connectivity index (χ2n) is 5.60. The van der Waals surface area contributed by atoms with Crippen molar-refractivity contribution in [1.82, 2.24) is 4.98 Å². The lowest BCUT2D eigenvalue weighted by molar-refractivity contribution is 0.102. The van der Waals surface area contributed by atoms with Gasteiger partial charge in [0.05, 0.1) is 12.8 Å². The average molecular weight is 332 g/mol. The summed E-state index contributed by atoms with van der Waals surface area (Å²) in [6.07, 6.45) is 3.97. The Morgan fingerprint density at radius 3 is 2.83 bits per heavy atom. The Balaban J connectivity index is 1.80. The van der Waals surface area contributed by atoms with Crippen LogP contribution in [0.1, 0.15) is 28.9 Å². The van der Waals surface area contributed by atoms with Gasteiger partial charge >= 0.3 is 0 Å². The van der Waals surface area contributed by atoms with Gasteiger partial charge in [-0.2, -0.15) is 0 Å². The zero-order valence-electron chi connectivity index (χ0n) is 13.0. The van der Waals surface area contributed by atoms with Crippen molar-refractivity contribution in [1.29, 1.82) is 0 Å². The van der Waals surface area contributed by atoms with Gasteiger partial charge in [0.15, 0.2) is 0 Å². The van der Waals surface area contributed by atoms with Crippen molar-refractivity contribution in [3.63, 3.8) is 0 Å². The Kier molecular flexibility index (Phi) is 4.39. The number of hydrogen-bond donors (Lipinski definition) is 2. The topological polar surface area (TPSA) is 63.2 Å². The van der Waals surface area contributed by atoms with E-state index in [2.05, 4.69) is 15.6 Å². The molecule has 5 nitrogen and oxygen atoms in total. The van der Waals surface area contributed by atoms with Gasteiger partial charge in [-0.1, -0.05) is 11.6 Å². The van der Waals surface area contributed by atoms with Gasteiger partial charge in [-0.05, 0) is 43.5 Å². The predicted molar refractivity (Wildman–Crippen MR) is 91.6 cm³/mol. The molecule has 0 radical (unpaired) electrons. The number of benzene rings is 1. The van der Waals surface area contributed by atoms with Crippen molar-refractivity contribution in [2.75, 3.05) is 17.7 Å². The molecule has 6 heteroatoms. The molecule has 1 fully saturated rings. The third kappa shape index (κ3) is 3.74. The highest BCUT2D eigenvalue weighted by atomic mass is 35.5. The summed E-state index contributed by atoms with van der Waals surface area (Å²) in [7, 11) is 1.54. The van der Waals surface area contributed by atoms with Crippen LogP contribution in [0.2, 0.25) is 5.02 Å². The zero-order chi connectivity index (χ0) is 16.4. The van der Waals surface area contributed by atoms with Crippen LogP contribution >= 0.6 is 11.6 Å². The van der Waals surface area contributed by atoms with E-state index in [1.807, 2.05) is 13.0 Å². The molecule has 1 amide bonds. The highest BCUT2D eigenvalue weighted by Gasteiger charge is 2.21. The van der Waals surface area contributed by atoms with Gasteiger partial charge in [-0.3, -0.25) is 9.78 Å². The fourth-order valence-corrected chi connectivity index (χ4v) is 2.38. The first kappa shape index (κ1) is 15.6. The Labute approximate surface area is 140 Å². The zero-order valence-corrected chi connectivity index (χ0v) is 13.8. The van der Waals surface area contributed by atoms with Gasteiger partial charge < -0.3 is 15.4 Å². The van der Waals surface area contributed by atoms with E-state index in [1.54, 1.807) is 24.4 Å². The molecule has 0 unspecified atom stereocenters. The molecule has 3 rings (SSSR count). The summed E-state index contributed by atoms with van der Waals surface area (Å²) in [5.41, 5.74) is 2.69. The second-order valence-corrected chi connectivity index (χ2v) is 6.01. The van der Waals surface area contributed by atoms with Gasteiger partial charge in [0.2, 0.25) is 0 Å². The standard InChI is InChI=1S/C17H18ClN3O2/c1-10-7-14(16(23-2)9-13(10)18)21-17(22)15-8-12(5-6-19-15)20-11-3-4-11/h5-9,11H,3-4H2,1-2H3,(H,19,20)(H,21,22). The number of carbonyl (C=O) groups excluding carboxylic acids is 1. The maximum Gasteiger partial charge on any atom is 0.274 e. The van der Waals surface area contributed by atoms with Gasteiger partial charge in [0.25, 0.3) is 5.91 Å². The third-order valence-electron chi connectivity index (χ3n) is 3.67. The van der Waals surface area contributed by atoms with Crippen molar-refractivity contribution >= 4 is 28.9 Å². The van der Waals surface area contributed by atoms with Crippen LogP contribution in [-0.2, 0) is 0 Å². The summed E-state index contributed by atoms with van der Waals surface area (Å²) >= 11 is 6.08. The number of aromatic nitrogens is 1. The number of carbonyl (C=O) groups is 1. The lowest BCUT2D eigenvalue weighted by Gasteiger charge is -2.12. The summed E-state index contributed by atoms with van der Waals surface area (Å²) in [5, 5.41) is 6.77. The molecule has 120 valence electrons. The van der Waals surface area contributed by atoms with Gasteiger partial charge in [-0.15, -0.1) is 0 Å². The monoisotopic (exact) mass is 331 g/mol. The van der Waals surface area contributed by atoms with Crippen LogP contribution in [0, 0.1) is 6.92 Å². The van der Waals surface area contributed by atoms with E-state index in [0.29, 0.717) is 28.2 Å². The smallest absolute Gasteiger partial charge is 0.274 e. The molecule has 0 spiro atoms. The van der Waals surface area contributed by atoms with Crippen molar-refractivity contribution in [2.45, 2.75) is 25.8 Å². The highest BCUT2D eigenvalue weighted by Crippen LogP contribution is 2.31. The molecule has 0 atom stereocenters. The fourth-order valence-electron chi connectivity index (χ4n) is 2.22. The van der Waals surface area contributed by atoms with E-state index >= 15 is 0 Å². The Morgan fingerprint density at radius 1 is 1.35 bits per heavy atom. The molecule has 1 heterocycles. The van der Waals surface area contributed by atoms with E-state index in [4.69, 9.17) is 16.3 Å². The number of anilines is 2. The van der Waals surface area contributed by atoms with Gasteiger partial charge in [-0.25, -0.2) is 0 Å². The minimum Gasteiger partial charge on any atom is -0.495 e. The molecule has 0 aliphatic heterocycles. The minimum absolute atomic E-state index is 0.288. The fraction of sp³-hybridized carbons (Fsp3) is 0.294. The second kappa shape index (κ2) is 6.46. The number of rotatable bonds is 5. The first-order valence-electron chi connectivity index (χ1n) is 7.45. The van der Waals surface area contributed by atoms with Crippen LogP contribution in [-0.4, -0.2) is 24.0 Å². The van der Waals surface area contributed by atoms with Crippen molar-refractivity contribution in [2.24, 2.45) is 0 Å². The minimum atomic E-state index is -0.288. The number of nitrogens with one attached hydrogen (secondary N) is 2. The molecule has 1 saturated carbocycles. The summed E-state index contributed by atoms with van der Waals surface area (Å²) in [5.74, 6) is 0.227. The summed E-state index contributed by atoms with van der Waals surface area (Å²) in [6.45, 7) is 1.87. The molecular formula is C17H18ClN3O2.